The van der Waals surface area contributed by atoms with Crippen molar-refractivity contribution in [2.75, 3.05) is 11.9 Å². The van der Waals surface area contributed by atoms with Gasteiger partial charge in [0.15, 0.2) is 0 Å². The van der Waals surface area contributed by atoms with Crippen LogP contribution in [0.1, 0.15) is 49.5 Å². The van der Waals surface area contributed by atoms with Crippen LogP contribution < -0.4 is 5.32 Å². The van der Waals surface area contributed by atoms with Crippen molar-refractivity contribution in [3.63, 3.8) is 0 Å². The fraction of sp³-hybridized carbons (Fsp3) is 0.500. The Hall–Kier alpha value is -2.04. The van der Waals surface area contributed by atoms with Crippen LogP contribution in [0, 0.1) is 5.92 Å². The first-order valence-corrected chi connectivity index (χ1v) is 7.24. The SMILES string of the molecule is CCCCOC(=O)Nc1cccc(CC(C)C)c1C(=O)O. The van der Waals surface area contributed by atoms with Crippen molar-refractivity contribution in [1.82, 2.24) is 0 Å². The second-order valence-corrected chi connectivity index (χ2v) is 5.36. The van der Waals surface area contributed by atoms with Gasteiger partial charge in [-0.1, -0.05) is 39.3 Å². The van der Waals surface area contributed by atoms with Gasteiger partial charge in [-0.15, -0.1) is 0 Å². The van der Waals surface area contributed by atoms with Gasteiger partial charge in [-0.3, -0.25) is 5.32 Å². The van der Waals surface area contributed by atoms with Crippen molar-refractivity contribution < 1.29 is 19.4 Å². The largest absolute Gasteiger partial charge is 0.478 e. The van der Waals surface area contributed by atoms with Gasteiger partial charge in [0.2, 0.25) is 0 Å². The molecule has 0 saturated carbocycles. The molecule has 0 saturated heterocycles. The summed E-state index contributed by atoms with van der Waals surface area (Å²) in [6.07, 6.45) is 1.74. The Kier molecular flexibility index (Phi) is 6.72. The van der Waals surface area contributed by atoms with Gasteiger partial charge in [-0.2, -0.15) is 0 Å². The van der Waals surface area contributed by atoms with E-state index in [2.05, 4.69) is 5.32 Å². The van der Waals surface area contributed by atoms with Crippen LogP contribution in [0.25, 0.3) is 0 Å². The molecule has 0 atom stereocenters. The Labute approximate surface area is 125 Å². The van der Waals surface area contributed by atoms with Crippen LogP contribution in [0.2, 0.25) is 0 Å². The van der Waals surface area contributed by atoms with Crippen molar-refractivity contribution in [1.29, 1.82) is 0 Å². The standard InChI is InChI=1S/C16H23NO4/c1-4-5-9-21-16(20)17-13-8-6-7-12(10-11(2)3)14(13)15(18)19/h6-8,11H,4-5,9-10H2,1-3H3,(H,17,20)(H,18,19). The van der Waals surface area contributed by atoms with Crippen LogP contribution >= 0.6 is 0 Å². The molecule has 0 fully saturated rings. The lowest BCUT2D eigenvalue weighted by Crippen LogP contribution is -2.18. The second kappa shape index (κ2) is 8.29. The number of aromatic carboxylic acids is 1. The third-order valence-electron chi connectivity index (χ3n) is 2.96. The topological polar surface area (TPSA) is 75.6 Å². The van der Waals surface area contributed by atoms with E-state index in [1.54, 1.807) is 18.2 Å². The first-order chi connectivity index (χ1) is 9.95. The van der Waals surface area contributed by atoms with Crippen LogP contribution in [0.3, 0.4) is 0 Å². The van der Waals surface area contributed by atoms with Gasteiger partial charge in [0.25, 0.3) is 0 Å². The predicted octanol–water partition coefficient (Wildman–Crippen LogP) is 3.93. The molecule has 0 unspecified atom stereocenters. The highest BCUT2D eigenvalue weighted by Crippen LogP contribution is 2.23. The molecule has 5 nitrogen and oxygen atoms in total. The second-order valence-electron chi connectivity index (χ2n) is 5.36. The number of ether oxygens (including phenoxy) is 1. The van der Waals surface area contributed by atoms with Gasteiger partial charge < -0.3 is 9.84 Å². The molecule has 116 valence electrons. The van der Waals surface area contributed by atoms with E-state index in [0.717, 1.165) is 12.8 Å². The number of benzene rings is 1. The van der Waals surface area contributed by atoms with Crippen molar-refractivity contribution in [3.8, 4) is 0 Å². The summed E-state index contributed by atoms with van der Waals surface area (Å²) in [5, 5.41) is 11.9. The minimum atomic E-state index is -1.05. The highest BCUT2D eigenvalue weighted by molar-refractivity contribution is 6.00. The average Bonchev–Trinajstić information content (AvgIpc) is 2.38. The van der Waals surface area contributed by atoms with E-state index in [0.29, 0.717) is 24.5 Å². The van der Waals surface area contributed by atoms with Gasteiger partial charge in [0.05, 0.1) is 17.9 Å². The number of anilines is 1. The van der Waals surface area contributed by atoms with Crippen LogP contribution in [-0.2, 0) is 11.2 Å². The summed E-state index contributed by atoms with van der Waals surface area (Å²) in [6.45, 7) is 6.37. The van der Waals surface area contributed by atoms with E-state index >= 15 is 0 Å². The van der Waals surface area contributed by atoms with Crippen LogP contribution in [0.15, 0.2) is 18.2 Å². The summed E-state index contributed by atoms with van der Waals surface area (Å²) >= 11 is 0. The fourth-order valence-electron chi connectivity index (χ4n) is 2.02. The number of amides is 1. The average molecular weight is 293 g/mol. The Bertz CT molecular complexity index is 497. The molecule has 1 aromatic rings. The maximum Gasteiger partial charge on any atom is 0.411 e. The number of rotatable bonds is 7. The zero-order valence-electron chi connectivity index (χ0n) is 12.8. The zero-order chi connectivity index (χ0) is 15.8. The zero-order valence-corrected chi connectivity index (χ0v) is 12.8. The summed E-state index contributed by atoms with van der Waals surface area (Å²) in [5.41, 5.74) is 1.13. The third kappa shape index (κ3) is 5.45. The van der Waals surface area contributed by atoms with Crippen molar-refractivity contribution >= 4 is 17.7 Å². The molecule has 0 spiro atoms. The molecule has 0 aliphatic rings. The molecule has 5 heteroatoms. The number of carbonyl (C=O) groups excluding carboxylic acids is 1. The molecular weight excluding hydrogens is 270 g/mol. The molecule has 1 aromatic carbocycles. The number of hydrogen-bond donors (Lipinski definition) is 2. The lowest BCUT2D eigenvalue weighted by atomic mass is 9.97. The minimum Gasteiger partial charge on any atom is -0.478 e. The number of carboxylic acids is 1. The molecular formula is C16H23NO4. The van der Waals surface area contributed by atoms with E-state index in [1.165, 1.54) is 0 Å². The number of unbranched alkanes of at least 4 members (excludes halogenated alkanes) is 1. The lowest BCUT2D eigenvalue weighted by molar-refractivity contribution is 0.0696. The number of hydrogen-bond acceptors (Lipinski definition) is 3. The molecule has 0 aromatic heterocycles. The van der Waals surface area contributed by atoms with E-state index in [1.807, 2.05) is 20.8 Å². The van der Waals surface area contributed by atoms with E-state index in [-0.39, 0.29) is 11.3 Å². The highest BCUT2D eigenvalue weighted by atomic mass is 16.5. The molecule has 21 heavy (non-hydrogen) atoms. The number of carboxylic acid groups (broad SMARTS) is 1. The summed E-state index contributed by atoms with van der Waals surface area (Å²) in [7, 11) is 0. The van der Waals surface area contributed by atoms with Gasteiger partial charge in [0, 0.05) is 0 Å². The number of carbonyl (C=O) groups is 2. The smallest absolute Gasteiger partial charge is 0.411 e. The highest BCUT2D eigenvalue weighted by Gasteiger charge is 2.18. The van der Waals surface area contributed by atoms with Crippen molar-refractivity contribution in [2.45, 2.75) is 40.0 Å². The Balaban J connectivity index is 2.90. The Morgan fingerprint density at radius 3 is 2.62 bits per heavy atom. The maximum absolute atomic E-state index is 11.7. The predicted molar refractivity (Wildman–Crippen MR) is 81.8 cm³/mol. The quantitative estimate of drug-likeness (QED) is 0.747. The van der Waals surface area contributed by atoms with Crippen molar-refractivity contribution in [3.05, 3.63) is 29.3 Å². The molecule has 2 N–H and O–H groups in total. The van der Waals surface area contributed by atoms with Gasteiger partial charge in [-0.05, 0) is 30.4 Å². The molecule has 0 aliphatic heterocycles. The molecule has 1 amide bonds. The molecule has 0 heterocycles. The Morgan fingerprint density at radius 1 is 1.33 bits per heavy atom. The fourth-order valence-corrected chi connectivity index (χ4v) is 2.02. The monoisotopic (exact) mass is 293 g/mol. The summed E-state index contributed by atoms with van der Waals surface area (Å²) in [4.78, 5) is 23.1. The van der Waals surface area contributed by atoms with E-state index in [9.17, 15) is 14.7 Å². The Morgan fingerprint density at radius 2 is 2.05 bits per heavy atom. The van der Waals surface area contributed by atoms with Crippen LogP contribution in [0.5, 0.6) is 0 Å². The first-order valence-electron chi connectivity index (χ1n) is 7.24. The van der Waals surface area contributed by atoms with E-state index < -0.39 is 12.1 Å². The van der Waals surface area contributed by atoms with Gasteiger partial charge >= 0.3 is 12.1 Å². The van der Waals surface area contributed by atoms with Crippen LogP contribution in [-0.4, -0.2) is 23.8 Å². The van der Waals surface area contributed by atoms with Gasteiger partial charge in [-0.25, -0.2) is 9.59 Å². The first kappa shape index (κ1) is 17.0. The van der Waals surface area contributed by atoms with E-state index in [4.69, 9.17) is 4.74 Å². The maximum atomic E-state index is 11.7. The molecule has 1 rings (SSSR count). The summed E-state index contributed by atoms with van der Waals surface area (Å²) in [5.74, 6) is -0.718. The van der Waals surface area contributed by atoms with Gasteiger partial charge in [0.1, 0.15) is 0 Å². The van der Waals surface area contributed by atoms with Crippen LogP contribution in [0.4, 0.5) is 10.5 Å². The number of nitrogens with one attached hydrogen (secondary N) is 1. The summed E-state index contributed by atoms with van der Waals surface area (Å²) < 4.78 is 5.00. The minimum absolute atomic E-state index is 0.138. The molecule has 0 aliphatic carbocycles. The molecule has 0 radical (unpaired) electrons. The lowest BCUT2D eigenvalue weighted by Gasteiger charge is -2.14. The molecule has 0 bridgehead atoms. The third-order valence-corrected chi connectivity index (χ3v) is 2.96. The summed E-state index contributed by atoms with van der Waals surface area (Å²) in [6, 6.07) is 5.09. The van der Waals surface area contributed by atoms with Crippen molar-refractivity contribution in [2.24, 2.45) is 5.92 Å². The normalized spacial score (nSPS) is 10.5.